The Morgan fingerprint density at radius 1 is 1.00 bits per heavy atom. The van der Waals surface area contributed by atoms with E-state index in [9.17, 15) is 0 Å². The van der Waals surface area contributed by atoms with Crippen molar-refractivity contribution in [3.05, 3.63) is 0 Å². The average molecular weight is 236 g/mol. The van der Waals surface area contributed by atoms with Gasteiger partial charge in [0.1, 0.15) is 0 Å². The SMILES string of the molecule is CCCO[Si](CC)(CCS)OCCC. The summed E-state index contributed by atoms with van der Waals surface area (Å²) in [5, 5.41) is 0. The Labute approximate surface area is 95.0 Å². The third-order valence-corrected chi connectivity index (χ3v) is 6.36. The molecule has 0 heterocycles. The zero-order chi connectivity index (χ0) is 10.9. The maximum Gasteiger partial charge on any atom is 0.338 e. The minimum Gasteiger partial charge on any atom is -0.394 e. The molecule has 2 nitrogen and oxygen atoms in total. The summed E-state index contributed by atoms with van der Waals surface area (Å²) in [7, 11) is -1.89. The third-order valence-electron chi connectivity index (χ3n) is 2.17. The first-order chi connectivity index (χ1) is 6.74. The first-order valence-electron chi connectivity index (χ1n) is 5.63. The Morgan fingerprint density at radius 2 is 1.50 bits per heavy atom. The lowest BCUT2D eigenvalue weighted by molar-refractivity contribution is 0.169. The van der Waals surface area contributed by atoms with Crippen molar-refractivity contribution in [3.8, 4) is 0 Å². The molecule has 0 saturated heterocycles. The molecule has 0 rings (SSSR count). The van der Waals surface area contributed by atoms with E-state index in [-0.39, 0.29) is 0 Å². The summed E-state index contributed by atoms with van der Waals surface area (Å²) in [6, 6.07) is 2.04. The van der Waals surface area contributed by atoms with Crippen LogP contribution in [0.25, 0.3) is 0 Å². The van der Waals surface area contributed by atoms with Gasteiger partial charge in [-0.25, -0.2) is 0 Å². The van der Waals surface area contributed by atoms with Crippen molar-refractivity contribution in [1.29, 1.82) is 0 Å². The Hall–Kier alpha value is 0.487. The summed E-state index contributed by atoms with van der Waals surface area (Å²) >= 11 is 4.29. The largest absolute Gasteiger partial charge is 0.394 e. The van der Waals surface area contributed by atoms with E-state index >= 15 is 0 Å². The van der Waals surface area contributed by atoms with Crippen molar-refractivity contribution in [2.24, 2.45) is 0 Å². The van der Waals surface area contributed by atoms with Crippen molar-refractivity contribution in [3.63, 3.8) is 0 Å². The first-order valence-corrected chi connectivity index (χ1v) is 8.49. The number of hydrogen-bond donors (Lipinski definition) is 1. The molecule has 0 aliphatic carbocycles. The van der Waals surface area contributed by atoms with Gasteiger partial charge in [0.25, 0.3) is 0 Å². The topological polar surface area (TPSA) is 18.5 Å². The Kier molecular flexibility index (Phi) is 9.07. The maximum absolute atomic E-state index is 5.94. The molecule has 0 N–H and O–H groups in total. The average Bonchev–Trinajstić information content (AvgIpc) is 2.22. The second-order valence-corrected chi connectivity index (χ2v) is 7.49. The molecule has 0 fully saturated rings. The van der Waals surface area contributed by atoms with Gasteiger partial charge >= 0.3 is 8.56 Å². The molecule has 0 bridgehead atoms. The van der Waals surface area contributed by atoms with Crippen LogP contribution in [-0.2, 0) is 8.85 Å². The fraction of sp³-hybridized carbons (Fsp3) is 1.00. The van der Waals surface area contributed by atoms with Crippen molar-refractivity contribution in [2.75, 3.05) is 19.0 Å². The Bertz CT molecular complexity index is 125. The molecule has 0 spiro atoms. The van der Waals surface area contributed by atoms with Crippen LogP contribution in [0.15, 0.2) is 0 Å². The smallest absolute Gasteiger partial charge is 0.338 e. The highest BCUT2D eigenvalue weighted by Crippen LogP contribution is 2.20. The molecule has 0 atom stereocenters. The molecule has 0 amide bonds. The summed E-state index contributed by atoms with van der Waals surface area (Å²) in [5.41, 5.74) is 0. The molecule has 0 saturated carbocycles. The lowest BCUT2D eigenvalue weighted by atomic mass is 10.5. The molecule has 0 radical (unpaired) electrons. The van der Waals surface area contributed by atoms with Gasteiger partial charge in [0, 0.05) is 13.2 Å². The van der Waals surface area contributed by atoms with Gasteiger partial charge in [-0.05, 0) is 30.7 Å². The van der Waals surface area contributed by atoms with E-state index in [1.165, 1.54) is 0 Å². The first kappa shape index (κ1) is 14.5. The van der Waals surface area contributed by atoms with Crippen LogP contribution in [-0.4, -0.2) is 27.5 Å². The molecule has 0 aromatic rings. The second-order valence-electron chi connectivity index (χ2n) is 3.43. The number of hydrogen-bond acceptors (Lipinski definition) is 3. The van der Waals surface area contributed by atoms with Crippen molar-refractivity contribution < 1.29 is 8.85 Å². The van der Waals surface area contributed by atoms with E-state index in [0.29, 0.717) is 0 Å². The minimum absolute atomic E-state index is 0.831. The van der Waals surface area contributed by atoms with E-state index in [2.05, 4.69) is 33.4 Å². The van der Waals surface area contributed by atoms with Crippen LogP contribution in [0.1, 0.15) is 33.6 Å². The molecule has 0 aliphatic heterocycles. The summed E-state index contributed by atoms with van der Waals surface area (Å²) in [6.07, 6.45) is 2.13. The van der Waals surface area contributed by atoms with Crippen LogP contribution in [0.2, 0.25) is 12.1 Å². The van der Waals surface area contributed by atoms with Crippen LogP contribution in [0.3, 0.4) is 0 Å². The zero-order valence-corrected chi connectivity index (χ0v) is 11.6. The normalized spacial score (nSPS) is 12.0. The summed E-state index contributed by atoms with van der Waals surface area (Å²) in [6.45, 7) is 8.10. The Morgan fingerprint density at radius 3 is 1.79 bits per heavy atom. The lowest BCUT2D eigenvalue weighted by Gasteiger charge is -2.29. The van der Waals surface area contributed by atoms with Gasteiger partial charge in [-0.1, -0.05) is 20.8 Å². The van der Waals surface area contributed by atoms with Gasteiger partial charge in [-0.2, -0.15) is 12.6 Å². The molecular formula is C10H24O2SSi. The zero-order valence-electron chi connectivity index (χ0n) is 9.71. The molecule has 0 aromatic carbocycles. The van der Waals surface area contributed by atoms with Gasteiger partial charge in [0.2, 0.25) is 0 Å². The van der Waals surface area contributed by atoms with Crippen molar-refractivity contribution in [1.82, 2.24) is 0 Å². The maximum atomic E-state index is 5.94. The fourth-order valence-electron chi connectivity index (χ4n) is 1.31. The molecule has 0 unspecified atom stereocenters. The number of thiol groups is 1. The van der Waals surface area contributed by atoms with Crippen LogP contribution >= 0.6 is 12.6 Å². The molecule has 0 aromatic heterocycles. The molecule has 14 heavy (non-hydrogen) atoms. The molecule has 86 valence electrons. The Balaban J connectivity index is 4.11. The van der Waals surface area contributed by atoms with Crippen LogP contribution in [0, 0.1) is 0 Å². The van der Waals surface area contributed by atoms with E-state index in [1.54, 1.807) is 0 Å². The summed E-state index contributed by atoms with van der Waals surface area (Å²) < 4.78 is 11.9. The van der Waals surface area contributed by atoms with E-state index in [0.717, 1.165) is 43.9 Å². The van der Waals surface area contributed by atoms with Crippen LogP contribution in [0.4, 0.5) is 0 Å². The molecule has 0 aliphatic rings. The van der Waals surface area contributed by atoms with Gasteiger partial charge in [-0.3, -0.25) is 0 Å². The summed E-state index contributed by atoms with van der Waals surface area (Å²) in [4.78, 5) is 0. The van der Waals surface area contributed by atoms with Crippen LogP contribution in [0.5, 0.6) is 0 Å². The predicted octanol–water partition coefficient (Wildman–Crippen LogP) is 3.23. The minimum atomic E-state index is -1.89. The van der Waals surface area contributed by atoms with Crippen LogP contribution < -0.4 is 0 Å². The quantitative estimate of drug-likeness (QED) is 0.489. The molecular weight excluding hydrogens is 212 g/mol. The number of rotatable bonds is 9. The monoisotopic (exact) mass is 236 g/mol. The van der Waals surface area contributed by atoms with Gasteiger partial charge in [-0.15, -0.1) is 0 Å². The second kappa shape index (κ2) is 8.77. The van der Waals surface area contributed by atoms with Gasteiger partial charge in [0.05, 0.1) is 0 Å². The fourth-order valence-corrected chi connectivity index (χ4v) is 4.96. The highest BCUT2D eigenvalue weighted by molar-refractivity contribution is 7.80. The van der Waals surface area contributed by atoms with Crippen molar-refractivity contribution >= 4 is 21.2 Å². The predicted molar refractivity (Wildman–Crippen MR) is 67.4 cm³/mol. The van der Waals surface area contributed by atoms with E-state index < -0.39 is 8.56 Å². The molecule has 4 heteroatoms. The third kappa shape index (κ3) is 5.39. The lowest BCUT2D eigenvalue weighted by Crippen LogP contribution is -2.42. The summed E-state index contributed by atoms with van der Waals surface area (Å²) in [5.74, 6) is 0.869. The van der Waals surface area contributed by atoms with Gasteiger partial charge < -0.3 is 8.85 Å². The van der Waals surface area contributed by atoms with Gasteiger partial charge in [0.15, 0.2) is 0 Å². The highest BCUT2D eigenvalue weighted by atomic mass is 32.1. The standard InChI is InChI=1S/C10H24O2SSi/c1-4-7-11-14(6-3,10-9-13)12-8-5-2/h13H,4-10H2,1-3H3. The van der Waals surface area contributed by atoms with E-state index in [1.807, 2.05) is 0 Å². The van der Waals surface area contributed by atoms with Crippen molar-refractivity contribution in [2.45, 2.75) is 45.7 Å². The van der Waals surface area contributed by atoms with E-state index in [4.69, 9.17) is 8.85 Å². The highest BCUT2D eigenvalue weighted by Gasteiger charge is 2.34.